The third-order valence-electron chi connectivity index (χ3n) is 21.6. The summed E-state index contributed by atoms with van der Waals surface area (Å²) in [6.45, 7) is 15.6. The van der Waals surface area contributed by atoms with Gasteiger partial charge in [-0.2, -0.15) is 15.3 Å². The smallest absolute Gasteiger partial charge is 0.325 e. The van der Waals surface area contributed by atoms with Crippen molar-refractivity contribution in [1.82, 2.24) is 50.6 Å². The molecule has 636 valence electrons. The van der Waals surface area contributed by atoms with E-state index < -0.39 is 36.0 Å². The minimum atomic E-state index is -0.942. The highest BCUT2D eigenvalue weighted by molar-refractivity contribution is 5.96. The number of carbonyl (C=O) groups is 7. The summed E-state index contributed by atoms with van der Waals surface area (Å²) in [5, 5.41) is 44.5. The first-order chi connectivity index (χ1) is 56.8. The van der Waals surface area contributed by atoms with Crippen LogP contribution >= 0.6 is 0 Å². The summed E-state index contributed by atoms with van der Waals surface area (Å²) in [6, 6.07) is 41.1. The number of carboxylic acid groups (broad SMARTS) is 2. The van der Waals surface area contributed by atoms with Gasteiger partial charge in [-0.15, -0.1) is 0 Å². The molecule has 3 aliphatic carbocycles. The van der Waals surface area contributed by atoms with Gasteiger partial charge in [0, 0.05) is 31.1 Å². The van der Waals surface area contributed by atoms with Gasteiger partial charge in [0.1, 0.15) is 54.3 Å². The average Bonchev–Trinajstić information content (AvgIpc) is 1.62. The van der Waals surface area contributed by atoms with Crippen molar-refractivity contribution in [3.8, 4) is 68.3 Å². The van der Waals surface area contributed by atoms with Gasteiger partial charge in [0.25, 0.3) is 17.7 Å². The van der Waals surface area contributed by atoms with Gasteiger partial charge in [0.05, 0.1) is 94.2 Å². The van der Waals surface area contributed by atoms with Crippen LogP contribution in [0.25, 0.3) is 33.8 Å². The molecule has 26 heteroatoms. The second kappa shape index (κ2) is 45.5. The fraction of sp³-hybridized carbons (Fsp3) is 0.500. The summed E-state index contributed by atoms with van der Waals surface area (Å²) in [4.78, 5) is 87.1. The van der Waals surface area contributed by atoms with Crippen LogP contribution in [0.2, 0.25) is 0 Å². The van der Waals surface area contributed by atoms with Gasteiger partial charge >= 0.3 is 17.9 Å². The van der Waals surface area contributed by atoms with Crippen molar-refractivity contribution in [3.05, 3.63) is 162 Å². The number of methoxy groups -OCH3 is 5. The lowest BCUT2D eigenvalue weighted by molar-refractivity contribution is -0.141. The maximum Gasteiger partial charge on any atom is 0.325 e. The van der Waals surface area contributed by atoms with Crippen molar-refractivity contribution in [2.45, 2.75) is 227 Å². The van der Waals surface area contributed by atoms with E-state index in [0.29, 0.717) is 85.4 Å². The first-order valence-electron chi connectivity index (χ1n) is 41.7. The monoisotopic (exact) mass is 1620 g/mol. The van der Waals surface area contributed by atoms with Crippen molar-refractivity contribution in [2.24, 2.45) is 29.6 Å². The van der Waals surface area contributed by atoms with E-state index in [1.54, 1.807) is 46.6 Å². The number of nitrogens with one attached hydrogen (secondary N) is 4. The largest absolute Gasteiger partial charge is 0.496 e. The number of aliphatic carboxylic acids is 2. The summed E-state index contributed by atoms with van der Waals surface area (Å²) < 4.78 is 45.9. The number of ether oxygens (including phenoxy) is 7. The summed E-state index contributed by atoms with van der Waals surface area (Å²) in [5.41, 5.74) is 7.35. The molecule has 26 nitrogen and oxygen atoms in total. The number of hydrogen-bond acceptors (Lipinski definition) is 17. The van der Waals surface area contributed by atoms with Crippen molar-refractivity contribution < 1.29 is 76.9 Å². The van der Waals surface area contributed by atoms with Crippen molar-refractivity contribution >= 4 is 41.5 Å². The van der Waals surface area contributed by atoms with Crippen molar-refractivity contribution in [3.63, 3.8) is 0 Å². The van der Waals surface area contributed by atoms with Gasteiger partial charge in [-0.25, -0.2) is 0 Å². The molecule has 8 aromatic rings. The number of hydrogen-bond donors (Lipinski definition) is 6. The molecule has 3 heterocycles. The summed E-state index contributed by atoms with van der Waals surface area (Å²) >= 11 is 0. The number of nitrogens with zero attached hydrogens (tertiary/aromatic N) is 6. The van der Waals surface area contributed by atoms with Crippen molar-refractivity contribution in [1.29, 1.82) is 0 Å². The lowest BCUT2D eigenvalue weighted by Gasteiger charge is -2.28. The lowest BCUT2D eigenvalue weighted by atomic mass is 9.87. The molecule has 5 aromatic carbocycles. The average molecular weight is 1620 g/mol. The molecule has 0 radical (unpaired) electrons. The molecule has 5 atom stereocenters. The highest BCUT2D eigenvalue weighted by Gasteiger charge is 2.33. The SMILES string of the molecule is COC(=O)CNC(=O)C[C@H](CC(C)C)NC(=O)c1cc(-c2c(OC)cccc2OC)n(CC2CCCCC2)n1.COc1cccc(OCc2ccccc2)c1-c1cc(C(=O)N[C@H](CC(=O)O)CC(C)C)nn1C1CCCC(C)C1.COc1cccc(OCc2ccccc2)c1-c1cc(C(=O)N[C@H](CC(=O)O)CC(C)C)nn1C1CCCCC1. The van der Waals surface area contributed by atoms with Gasteiger partial charge in [0.15, 0.2) is 17.1 Å². The van der Waals surface area contributed by atoms with E-state index in [9.17, 15) is 43.8 Å². The van der Waals surface area contributed by atoms with Crippen LogP contribution in [0.15, 0.2) is 133 Å². The highest BCUT2D eigenvalue weighted by atomic mass is 16.5. The molecule has 3 aliphatic rings. The molecule has 3 aromatic heterocycles. The van der Waals surface area contributed by atoms with E-state index in [1.165, 1.54) is 39.2 Å². The molecular formula is C92H122N10O16. The van der Waals surface area contributed by atoms with Gasteiger partial charge in [-0.1, -0.05) is 179 Å². The van der Waals surface area contributed by atoms with Crippen LogP contribution < -0.4 is 49.7 Å². The van der Waals surface area contributed by atoms with Gasteiger partial charge in [-0.3, -0.25) is 47.6 Å². The third kappa shape index (κ3) is 26.7. The normalized spacial score (nSPS) is 15.7. The van der Waals surface area contributed by atoms with Crippen LogP contribution in [0.4, 0.5) is 0 Å². The first-order valence-corrected chi connectivity index (χ1v) is 41.7. The van der Waals surface area contributed by atoms with Crippen LogP contribution in [-0.4, -0.2) is 141 Å². The molecular weight excluding hydrogens is 1500 g/mol. The Bertz CT molecular complexity index is 4540. The van der Waals surface area contributed by atoms with E-state index in [0.717, 1.165) is 103 Å². The zero-order valence-electron chi connectivity index (χ0n) is 70.7. The van der Waals surface area contributed by atoms with Crippen molar-refractivity contribution in [2.75, 3.05) is 42.1 Å². The maximum absolute atomic E-state index is 13.5. The molecule has 3 saturated carbocycles. The van der Waals surface area contributed by atoms with Crippen LogP contribution in [0, 0.1) is 29.6 Å². The second-order valence-corrected chi connectivity index (χ2v) is 32.4. The van der Waals surface area contributed by atoms with Crippen LogP contribution in [-0.2, 0) is 43.7 Å². The van der Waals surface area contributed by atoms with Crippen LogP contribution in [0.5, 0.6) is 34.5 Å². The molecule has 0 bridgehead atoms. The Morgan fingerprint density at radius 2 is 0.822 bits per heavy atom. The minimum absolute atomic E-state index is 0.0386. The Labute approximate surface area is 694 Å². The molecule has 3 fully saturated rings. The van der Waals surface area contributed by atoms with E-state index in [-0.39, 0.29) is 96.4 Å². The first kappa shape index (κ1) is 90.7. The standard InChI is InChI=1S/C32H41N3O5.C31H39N3O5.C29H42N4O6/c1-21(2)16-24(18-30(36)37)33-32(38)26-19-27(35(34-26)25-13-8-10-22(3)17-25)31-28(39-4)14-9-15-29(31)40-20-23-11-6-5-7-12-23;1-21(2)17-23(18-29(35)36)32-31(37)25-19-26(34(33-25)24-13-8-5-9-14-24)30-27(38-3)15-10-16-28(30)39-20-22-11-6-4-7-12-22;1-19(2)14-21(15-26(34)30-17-27(35)39-5)31-29(36)22-16-23(28-24(37-3)12-9-13-25(28)38-4)33(32-22)18-20-10-7-6-8-11-20/h5-7,9,11-12,14-15,19,21-22,24-25H,8,10,13,16-18,20H2,1-4H3,(H,33,38)(H,36,37);4,6-7,10-12,15-16,19,21,23-24H,5,8-9,13-14,17-18,20H2,1-3H3,(H,32,37)(H,35,36);9,12-13,16,19-21H,6-8,10-11,14-15,17-18H2,1-5H3,(H,30,34)(H,31,36)/t22?,24-,25?;23-;21-/m000/s1. The van der Waals surface area contributed by atoms with E-state index >= 15 is 0 Å². The van der Waals surface area contributed by atoms with E-state index in [4.69, 9.17) is 43.7 Å². The molecule has 118 heavy (non-hydrogen) atoms. The Morgan fingerprint density at radius 3 is 1.23 bits per heavy atom. The molecule has 2 unspecified atom stereocenters. The van der Waals surface area contributed by atoms with Gasteiger partial charge in [0.2, 0.25) is 5.91 Å². The molecule has 0 spiro atoms. The third-order valence-corrected chi connectivity index (χ3v) is 21.6. The Hall–Kier alpha value is -11.2. The number of rotatable bonds is 37. The van der Waals surface area contributed by atoms with Gasteiger partial charge in [-0.05, 0) is 153 Å². The molecule has 6 N–H and O–H groups in total. The molecule has 0 aliphatic heterocycles. The number of aromatic nitrogens is 6. The topological polar surface area (TPSA) is 326 Å². The number of carbonyl (C=O) groups excluding carboxylic acids is 5. The summed E-state index contributed by atoms with van der Waals surface area (Å²) in [7, 11) is 7.72. The number of benzene rings is 5. The Balaban J connectivity index is 0.000000202. The zero-order chi connectivity index (χ0) is 84.8. The van der Waals surface area contributed by atoms with Crippen LogP contribution in [0.3, 0.4) is 0 Å². The zero-order valence-corrected chi connectivity index (χ0v) is 70.7. The predicted molar refractivity (Wildman–Crippen MR) is 452 cm³/mol. The predicted octanol–water partition coefficient (Wildman–Crippen LogP) is 16.7. The minimum Gasteiger partial charge on any atom is -0.496 e. The molecule has 4 amide bonds. The number of amides is 4. The quantitative estimate of drug-likeness (QED) is 0.0197. The molecule has 0 saturated heterocycles. The Kier molecular flexibility index (Phi) is 35.0. The Morgan fingerprint density at radius 1 is 0.441 bits per heavy atom. The fourth-order valence-electron chi connectivity index (χ4n) is 16.1. The van der Waals surface area contributed by atoms with Gasteiger partial charge < -0.3 is 64.6 Å². The van der Waals surface area contributed by atoms with E-state index in [2.05, 4.69) is 32.9 Å². The molecule has 11 rings (SSSR count). The fourth-order valence-corrected chi connectivity index (χ4v) is 16.1. The maximum atomic E-state index is 13.5. The second-order valence-electron chi connectivity index (χ2n) is 32.4. The summed E-state index contributed by atoms with van der Waals surface area (Å²) in [5.74, 6) is 1.67. The lowest BCUT2D eigenvalue weighted by Crippen LogP contribution is -2.41. The number of carboxylic acids is 2. The highest BCUT2D eigenvalue weighted by Crippen LogP contribution is 2.46. The number of esters is 1. The van der Waals surface area contributed by atoms with Crippen LogP contribution in [0.1, 0.15) is 232 Å². The van der Waals surface area contributed by atoms with E-state index in [1.807, 2.05) is 171 Å². The summed E-state index contributed by atoms with van der Waals surface area (Å²) in [6.07, 6.45) is 16.9.